The lowest BCUT2D eigenvalue weighted by Crippen LogP contribution is -1.85. The van der Waals surface area contributed by atoms with Crippen LogP contribution in [0.2, 0.25) is 0 Å². The Hall–Kier alpha value is -1.71. The largest absolute Gasteiger partial charge is 0.342 e. The topological polar surface area (TPSA) is 38.9 Å². The van der Waals surface area contributed by atoms with Crippen LogP contribution in [0.15, 0.2) is 29.1 Å². The standard InChI is InChI=1S/C9H7FN2O/c1-6-2-3-7(4-8(6)10)9-11-5-13-12-9/h2-5H,1H3. The first-order valence-electron chi connectivity index (χ1n) is 3.80. The Kier molecular flexibility index (Phi) is 1.81. The molecular formula is C9H7FN2O. The third-order valence-electron chi connectivity index (χ3n) is 1.79. The van der Waals surface area contributed by atoms with Gasteiger partial charge in [0.25, 0.3) is 0 Å². The molecule has 0 fully saturated rings. The van der Waals surface area contributed by atoms with Gasteiger partial charge >= 0.3 is 0 Å². The van der Waals surface area contributed by atoms with Crippen LogP contribution >= 0.6 is 0 Å². The van der Waals surface area contributed by atoms with E-state index in [9.17, 15) is 4.39 Å². The monoisotopic (exact) mass is 178 g/mol. The van der Waals surface area contributed by atoms with Crippen molar-refractivity contribution in [1.82, 2.24) is 10.1 Å². The maximum atomic E-state index is 13.1. The Labute approximate surface area is 74.2 Å². The average molecular weight is 178 g/mol. The summed E-state index contributed by atoms with van der Waals surface area (Å²) in [6.45, 7) is 1.70. The van der Waals surface area contributed by atoms with Crippen LogP contribution in [0, 0.1) is 12.7 Å². The summed E-state index contributed by atoms with van der Waals surface area (Å²) in [5.41, 5.74) is 1.23. The van der Waals surface area contributed by atoms with Crippen molar-refractivity contribution >= 4 is 0 Å². The zero-order valence-corrected chi connectivity index (χ0v) is 6.99. The molecule has 0 aliphatic carbocycles. The first-order chi connectivity index (χ1) is 6.27. The summed E-state index contributed by atoms with van der Waals surface area (Å²) in [5.74, 6) is 0.140. The SMILES string of the molecule is Cc1ccc(-c2ncon2)cc1F. The fourth-order valence-electron chi connectivity index (χ4n) is 1.03. The van der Waals surface area contributed by atoms with E-state index in [2.05, 4.69) is 14.7 Å². The Morgan fingerprint density at radius 1 is 1.38 bits per heavy atom. The summed E-state index contributed by atoms with van der Waals surface area (Å²) in [6.07, 6.45) is 1.22. The molecule has 2 aromatic rings. The highest BCUT2D eigenvalue weighted by molar-refractivity contribution is 5.54. The van der Waals surface area contributed by atoms with Crippen LogP contribution in [0.5, 0.6) is 0 Å². The van der Waals surface area contributed by atoms with E-state index in [1.165, 1.54) is 12.5 Å². The van der Waals surface area contributed by atoms with E-state index in [0.29, 0.717) is 17.0 Å². The van der Waals surface area contributed by atoms with Gasteiger partial charge in [-0.2, -0.15) is 4.98 Å². The number of aryl methyl sites for hydroxylation is 1. The summed E-state index contributed by atoms with van der Waals surface area (Å²) in [5, 5.41) is 3.60. The smallest absolute Gasteiger partial charge is 0.214 e. The first kappa shape index (κ1) is 7.91. The Morgan fingerprint density at radius 2 is 2.23 bits per heavy atom. The van der Waals surface area contributed by atoms with Crippen LogP contribution < -0.4 is 0 Å². The van der Waals surface area contributed by atoms with E-state index in [1.54, 1.807) is 19.1 Å². The molecule has 1 aromatic carbocycles. The molecule has 0 N–H and O–H groups in total. The van der Waals surface area contributed by atoms with Crippen molar-refractivity contribution in [1.29, 1.82) is 0 Å². The van der Waals surface area contributed by atoms with Crippen molar-refractivity contribution in [3.05, 3.63) is 36.0 Å². The zero-order chi connectivity index (χ0) is 9.26. The van der Waals surface area contributed by atoms with Crippen LogP contribution in [-0.2, 0) is 0 Å². The van der Waals surface area contributed by atoms with Crippen LogP contribution in [0.1, 0.15) is 5.56 Å². The zero-order valence-electron chi connectivity index (χ0n) is 6.99. The van der Waals surface area contributed by atoms with E-state index >= 15 is 0 Å². The number of hydrogen-bond acceptors (Lipinski definition) is 3. The third kappa shape index (κ3) is 1.42. The molecule has 0 aliphatic heterocycles. The molecule has 1 heterocycles. The third-order valence-corrected chi connectivity index (χ3v) is 1.79. The maximum absolute atomic E-state index is 13.1. The van der Waals surface area contributed by atoms with Crippen LogP contribution in [0.25, 0.3) is 11.4 Å². The normalized spacial score (nSPS) is 10.3. The van der Waals surface area contributed by atoms with Crippen molar-refractivity contribution in [2.24, 2.45) is 0 Å². The molecule has 3 nitrogen and oxygen atoms in total. The van der Waals surface area contributed by atoms with Gasteiger partial charge in [-0.05, 0) is 18.6 Å². The van der Waals surface area contributed by atoms with Gasteiger partial charge in [-0.3, -0.25) is 0 Å². The Bertz CT molecular complexity index is 412. The van der Waals surface area contributed by atoms with Crippen LogP contribution in [0.4, 0.5) is 4.39 Å². The van der Waals surface area contributed by atoms with E-state index in [1.807, 2.05) is 0 Å². The number of rotatable bonds is 1. The molecule has 0 saturated carbocycles. The van der Waals surface area contributed by atoms with Gasteiger partial charge in [-0.15, -0.1) is 0 Å². The van der Waals surface area contributed by atoms with Gasteiger partial charge in [-0.25, -0.2) is 4.39 Å². The molecule has 13 heavy (non-hydrogen) atoms. The minimum atomic E-state index is -0.262. The number of aromatic nitrogens is 2. The van der Waals surface area contributed by atoms with Gasteiger partial charge in [0.15, 0.2) is 0 Å². The number of halogens is 1. The molecule has 1 aromatic heterocycles. The Morgan fingerprint density at radius 3 is 2.85 bits per heavy atom. The molecule has 0 amide bonds. The summed E-state index contributed by atoms with van der Waals surface area (Å²) < 4.78 is 17.6. The lowest BCUT2D eigenvalue weighted by Gasteiger charge is -1.97. The lowest BCUT2D eigenvalue weighted by molar-refractivity contribution is 0.418. The number of benzene rings is 1. The molecule has 0 spiro atoms. The molecule has 0 unspecified atom stereocenters. The summed E-state index contributed by atoms with van der Waals surface area (Å²) in [4.78, 5) is 3.81. The predicted octanol–water partition coefficient (Wildman–Crippen LogP) is 2.18. The lowest BCUT2D eigenvalue weighted by atomic mass is 10.1. The van der Waals surface area contributed by atoms with Crippen LogP contribution in [0.3, 0.4) is 0 Å². The van der Waals surface area contributed by atoms with Crippen molar-refractivity contribution < 1.29 is 8.91 Å². The second kappa shape index (κ2) is 2.97. The minimum Gasteiger partial charge on any atom is -0.342 e. The Balaban J connectivity index is 2.49. The van der Waals surface area contributed by atoms with E-state index in [0.717, 1.165) is 0 Å². The fourth-order valence-corrected chi connectivity index (χ4v) is 1.03. The summed E-state index contributed by atoms with van der Waals surface area (Å²) in [6, 6.07) is 4.82. The van der Waals surface area contributed by atoms with Crippen molar-refractivity contribution in [2.75, 3.05) is 0 Å². The number of nitrogens with zero attached hydrogens (tertiary/aromatic N) is 2. The molecule has 2 rings (SSSR count). The molecule has 66 valence electrons. The quantitative estimate of drug-likeness (QED) is 0.671. The second-order valence-electron chi connectivity index (χ2n) is 2.72. The van der Waals surface area contributed by atoms with Gasteiger partial charge in [0.1, 0.15) is 5.82 Å². The predicted molar refractivity (Wildman–Crippen MR) is 44.4 cm³/mol. The average Bonchev–Trinajstić information content (AvgIpc) is 2.62. The maximum Gasteiger partial charge on any atom is 0.214 e. The fraction of sp³-hybridized carbons (Fsp3) is 0.111. The minimum absolute atomic E-state index is 0.262. The van der Waals surface area contributed by atoms with Crippen molar-refractivity contribution in [3.63, 3.8) is 0 Å². The summed E-state index contributed by atoms with van der Waals surface area (Å²) >= 11 is 0. The second-order valence-corrected chi connectivity index (χ2v) is 2.72. The van der Waals surface area contributed by atoms with Gasteiger partial charge in [0.2, 0.25) is 12.2 Å². The van der Waals surface area contributed by atoms with E-state index in [4.69, 9.17) is 0 Å². The van der Waals surface area contributed by atoms with E-state index < -0.39 is 0 Å². The highest BCUT2D eigenvalue weighted by Crippen LogP contribution is 2.17. The highest BCUT2D eigenvalue weighted by Gasteiger charge is 2.05. The van der Waals surface area contributed by atoms with E-state index in [-0.39, 0.29) is 5.82 Å². The first-order valence-corrected chi connectivity index (χ1v) is 3.80. The molecular weight excluding hydrogens is 171 g/mol. The molecule has 0 radical (unpaired) electrons. The molecule has 0 aliphatic rings. The van der Waals surface area contributed by atoms with Gasteiger partial charge in [0.05, 0.1) is 0 Å². The molecule has 0 atom stereocenters. The number of hydrogen-bond donors (Lipinski definition) is 0. The summed E-state index contributed by atoms with van der Waals surface area (Å²) in [7, 11) is 0. The van der Waals surface area contributed by atoms with Gasteiger partial charge in [-0.1, -0.05) is 17.3 Å². The molecule has 4 heteroatoms. The van der Waals surface area contributed by atoms with Crippen molar-refractivity contribution in [3.8, 4) is 11.4 Å². The molecule has 0 saturated heterocycles. The molecule has 0 bridgehead atoms. The van der Waals surface area contributed by atoms with Crippen LogP contribution in [-0.4, -0.2) is 10.1 Å². The van der Waals surface area contributed by atoms with Gasteiger partial charge in [0, 0.05) is 5.56 Å². The highest BCUT2D eigenvalue weighted by atomic mass is 19.1. The van der Waals surface area contributed by atoms with Crippen molar-refractivity contribution in [2.45, 2.75) is 6.92 Å². The van der Waals surface area contributed by atoms with Gasteiger partial charge < -0.3 is 4.52 Å².